The third kappa shape index (κ3) is 4.29. The molecule has 2 aliphatic rings. The Morgan fingerprint density at radius 1 is 1.25 bits per heavy atom. The molecule has 0 fully saturated rings. The summed E-state index contributed by atoms with van der Waals surface area (Å²) >= 11 is 7.42. The van der Waals surface area contributed by atoms with Gasteiger partial charge in [-0.1, -0.05) is 55.0 Å². The summed E-state index contributed by atoms with van der Waals surface area (Å²) in [5.41, 5.74) is 2.81. The van der Waals surface area contributed by atoms with Gasteiger partial charge < -0.3 is 5.32 Å². The van der Waals surface area contributed by atoms with Gasteiger partial charge in [0.05, 0.1) is 15.1 Å². The van der Waals surface area contributed by atoms with Crippen molar-refractivity contribution >= 4 is 55.7 Å². The molecule has 0 saturated carbocycles. The first-order chi connectivity index (χ1) is 17.0. The van der Waals surface area contributed by atoms with Gasteiger partial charge in [0.25, 0.3) is 11.6 Å². The summed E-state index contributed by atoms with van der Waals surface area (Å²) in [7, 11) is 0. The van der Waals surface area contributed by atoms with Gasteiger partial charge in [-0.3, -0.25) is 25.0 Å². The largest absolute Gasteiger partial charge is 0.362 e. The first-order valence-corrected chi connectivity index (χ1v) is 12.6. The van der Waals surface area contributed by atoms with Crippen LogP contribution in [-0.4, -0.2) is 21.6 Å². The van der Waals surface area contributed by atoms with Crippen LogP contribution < -0.4 is 10.6 Å². The summed E-state index contributed by atoms with van der Waals surface area (Å²) in [6.45, 7) is 5.82. The molecule has 1 aromatic heterocycles. The monoisotopic (exact) mass is 522 g/mol. The Kier molecular flexibility index (Phi) is 5.92. The number of Topliss-reactive ketones (excluding diaryl/α,β-unsaturated/α-hetero) is 1. The number of hydrogen-bond acceptors (Lipinski definition) is 7. The van der Waals surface area contributed by atoms with Crippen LogP contribution in [-0.2, 0) is 9.59 Å². The zero-order valence-corrected chi connectivity index (χ0v) is 21.4. The van der Waals surface area contributed by atoms with E-state index in [0.717, 1.165) is 15.9 Å². The molecule has 0 saturated heterocycles. The number of benzene rings is 2. The topological polar surface area (TPSA) is 114 Å². The number of fused-ring (bicyclic) bond motifs is 1. The van der Waals surface area contributed by atoms with Gasteiger partial charge in [0, 0.05) is 40.9 Å². The number of amides is 1. The summed E-state index contributed by atoms with van der Waals surface area (Å²) in [6, 6.07) is 12.0. The summed E-state index contributed by atoms with van der Waals surface area (Å²) in [5, 5.41) is 18.2. The number of aromatic nitrogens is 1. The van der Waals surface area contributed by atoms with Gasteiger partial charge in [0.1, 0.15) is 5.02 Å². The van der Waals surface area contributed by atoms with Crippen LogP contribution in [0.1, 0.15) is 45.1 Å². The van der Waals surface area contributed by atoms with Crippen LogP contribution in [0.3, 0.4) is 0 Å². The number of nitro groups is 1. The van der Waals surface area contributed by atoms with Gasteiger partial charge in [-0.05, 0) is 42.5 Å². The highest BCUT2D eigenvalue weighted by Crippen LogP contribution is 2.47. The molecule has 36 heavy (non-hydrogen) atoms. The van der Waals surface area contributed by atoms with Crippen LogP contribution >= 0.6 is 22.9 Å². The standard InChI is InChI=1S/C26H23ClN4O4S/c1-13-21(24(33)30-25-29-16-6-4-5-7-20(16)36-25)22(14-8-9-15(27)18(10-14)31(34)35)23-17(28-13)11-26(2,3)12-19(23)32/h4-10,22,28H,11-12H2,1-3H3,(H,29,30,33)/t22-/m1/s1. The molecule has 2 N–H and O–H groups in total. The van der Waals surface area contributed by atoms with Gasteiger partial charge in [0.2, 0.25) is 0 Å². The highest BCUT2D eigenvalue weighted by atomic mass is 35.5. The molecule has 0 spiro atoms. The molecule has 5 rings (SSSR count). The second kappa shape index (κ2) is 8.83. The van der Waals surface area contributed by atoms with E-state index in [2.05, 4.69) is 15.6 Å². The molecule has 10 heteroatoms. The maximum Gasteiger partial charge on any atom is 0.288 e. The molecule has 1 aliphatic carbocycles. The lowest BCUT2D eigenvalue weighted by Gasteiger charge is -2.39. The molecule has 0 unspecified atom stereocenters. The van der Waals surface area contributed by atoms with Crippen molar-refractivity contribution in [2.75, 3.05) is 5.32 Å². The van der Waals surface area contributed by atoms with Crippen molar-refractivity contribution in [1.82, 2.24) is 10.3 Å². The SMILES string of the molecule is CC1=C(C(=O)Nc2nc3ccccc3s2)[C@@H](c2ccc(Cl)c([N+](=O)[O-])c2)C2=C(CC(C)(C)CC2=O)N1. The lowest BCUT2D eigenvalue weighted by atomic mass is 9.68. The van der Waals surface area contributed by atoms with Crippen molar-refractivity contribution in [3.05, 3.63) is 85.7 Å². The number of carbonyl (C=O) groups excluding carboxylic acids is 2. The van der Waals surface area contributed by atoms with E-state index < -0.39 is 16.7 Å². The van der Waals surface area contributed by atoms with E-state index in [4.69, 9.17) is 11.6 Å². The average molecular weight is 523 g/mol. The summed E-state index contributed by atoms with van der Waals surface area (Å²) in [4.78, 5) is 42.7. The molecule has 184 valence electrons. The molecule has 1 aliphatic heterocycles. The second-order valence-corrected chi connectivity index (χ2v) is 11.3. The number of nitrogens with one attached hydrogen (secondary N) is 2. The van der Waals surface area contributed by atoms with Crippen molar-refractivity contribution in [1.29, 1.82) is 0 Å². The maximum atomic E-state index is 13.7. The fourth-order valence-corrected chi connectivity index (χ4v) is 6.06. The van der Waals surface area contributed by atoms with E-state index in [1.54, 1.807) is 13.0 Å². The van der Waals surface area contributed by atoms with Crippen LogP contribution in [0.4, 0.5) is 10.8 Å². The van der Waals surface area contributed by atoms with E-state index in [1.807, 2.05) is 38.1 Å². The van der Waals surface area contributed by atoms with E-state index in [0.29, 0.717) is 40.4 Å². The minimum atomic E-state index is -0.782. The van der Waals surface area contributed by atoms with Crippen molar-refractivity contribution in [3.63, 3.8) is 0 Å². The van der Waals surface area contributed by atoms with E-state index in [1.165, 1.54) is 23.5 Å². The lowest BCUT2D eigenvalue weighted by molar-refractivity contribution is -0.384. The number of hydrogen-bond donors (Lipinski definition) is 2. The Morgan fingerprint density at radius 2 is 2.00 bits per heavy atom. The zero-order valence-electron chi connectivity index (χ0n) is 19.8. The Balaban J connectivity index is 1.62. The smallest absolute Gasteiger partial charge is 0.288 e. The van der Waals surface area contributed by atoms with Crippen LogP contribution in [0.15, 0.2) is 65.0 Å². The molecule has 1 amide bonds. The first kappa shape index (κ1) is 24.1. The highest BCUT2D eigenvalue weighted by Gasteiger charge is 2.43. The van der Waals surface area contributed by atoms with Gasteiger partial charge in [0.15, 0.2) is 10.9 Å². The lowest BCUT2D eigenvalue weighted by Crippen LogP contribution is -2.39. The maximum absolute atomic E-state index is 13.7. The fraction of sp³-hybridized carbons (Fsp3) is 0.269. The Bertz CT molecular complexity index is 1490. The molecular weight excluding hydrogens is 500 g/mol. The number of thiazole rings is 1. The second-order valence-electron chi connectivity index (χ2n) is 9.84. The van der Waals surface area contributed by atoms with Crippen molar-refractivity contribution in [2.24, 2.45) is 5.41 Å². The van der Waals surface area contributed by atoms with Gasteiger partial charge in [-0.2, -0.15) is 0 Å². The number of rotatable bonds is 4. The average Bonchev–Trinajstić information content (AvgIpc) is 3.19. The number of ketones is 1. The molecule has 2 heterocycles. The summed E-state index contributed by atoms with van der Waals surface area (Å²) in [5.74, 6) is -1.30. The number of nitro benzene ring substituents is 1. The Labute approximate surface area is 216 Å². The minimum absolute atomic E-state index is 0.0100. The first-order valence-electron chi connectivity index (χ1n) is 11.4. The number of dihydropyridines is 1. The number of para-hydroxylation sites is 1. The molecule has 0 radical (unpaired) electrons. The van der Waals surface area contributed by atoms with E-state index >= 15 is 0 Å². The quantitative estimate of drug-likeness (QED) is 0.316. The van der Waals surface area contributed by atoms with Gasteiger partial charge >= 0.3 is 0 Å². The molecule has 1 atom stereocenters. The predicted octanol–water partition coefficient (Wildman–Crippen LogP) is 6.10. The number of nitrogens with zero attached hydrogens (tertiary/aromatic N) is 2. The molecular formula is C26H23ClN4O4S. The minimum Gasteiger partial charge on any atom is -0.362 e. The number of allylic oxidation sites excluding steroid dienone is 3. The number of halogens is 1. The highest BCUT2D eigenvalue weighted by molar-refractivity contribution is 7.22. The zero-order chi connectivity index (χ0) is 25.8. The summed E-state index contributed by atoms with van der Waals surface area (Å²) < 4.78 is 0.930. The van der Waals surface area contributed by atoms with Crippen LogP contribution in [0, 0.1) is 15.5 Å². The molecule has 3 aromatic rings. The van der Waals surface area contributed by atoms with Gasteiger partial charge in [-0.15, -0.1) is 0 Å². The van der Waals surface area contributed by atoms with E-state index in [-0.39, 0.29) is 21.9 Å². The number of carbonyl (C=O) groups is 2. The van der Waals surface area contributed by atoms with Crippen molar-refractivity contribution in [3.8, 4) is 0 Å². The van der Waals surface area contributed by atoms with Crippen molar-refractivity contribution < 1.29 is 14.5 Å². The third-order valence-corrected chi connectivity index (χ3v) is 7.77. The van der Waals surface area contributed by atoms with Crippen LogP contribution in [0.5, 0.6) is 0 Å². The van der Waals surface area contributed by atoms with Crippen molar-refractivity contribution in [2.45, 2.75) is 39.5 Å². The van der Waals surface area contributed by atoms with E-state index in [9.17, 15) is 19.7 Å². The third-order valence-electron chi connectivity index (χ3n) is 6.50. The molecule has 0 bridgehead atoms. The summed E-state index contributed by atoms with van der Waals surface area (Å²) in [6.07, 6.45) is 0.926. The van der Waals surface area contributed by atoms with Crippen LogP contribution in [0.25, 0.3) is 10.2 Å². The normalized spacial score (nSPS) is 19.2. The Morgan fingerprint density at radius 3 is 2.72 bits per heavy atom. The molecule has 8 nitrogen and oxygen atoms in total. The Hall–Kier alpha value is -3.56. The number of anilines is 1. The fourth-order valence-electron chi connectivity index (χ4n) is 5.01. The molecule has 2 aromatic carbocycles. The van der Waals surface area contributed by atoms with Gasteiger partial charge in [-0.25, -0.2) is 4.98 Å². The predicted molar refractivity (Wildman–Crippen MR) is 140 cm³/mol. The van der Waals surface area contributed by atoms with Crippen LogP contribution in [0.2, 0.25) is 5.02 Å².